The van der Waals surface area contributed by atoms with E-state index in [1.807, 2.05) is 25.1 Å². The number of nitrogen functional groups attached to an aromatic ring is 1. The third kappa shape index (κ3) is 1.81. The van der Waals surface area contributed by atoms with E-state index in [2.05, 4.69) is 23.0 Å². The molecule has 0 unspecified atom stereocenters. The van der Waals surface area contributed by atoms with Gasteiger partial charge in [0.25, 0.3) is 0 Å². The van der Waals surface area contributed by atoms with E-state index >= 15 is 0 Å². The van der Waals surface area contributed by atoms with E-state index in [1.54, 1.807) is 6.20 Å². The molecular formula is C12H13N3. The number of nitrogens with two attached hydrogens (primary N) is 1. The fraction of sp³-hybridized carbons (Fsp3) is 0.167. The molecule has 2 rings (SSSR count). The summed E-state index contributed by atoms with van der Waals surface area (Å²) in [6.07, 6.45) is 1.59. The van der Waals surface area contributed by atoms with Gasteiger partial charge in [0.05, 0.1) is 17.6 Å². The highest BCUT2D eigenvalue weighted by molar-refractivity contribution is 5.65. The lowest BCUT2D eigenvalue weighted by Gasteiger charge is -2.07. The quantitative estimate of drug-likeness (QED) is 0.767. The normalized spacial score (nSPS) is 10.3. The molecule has 0 bridgehead atoms. The fourth-order valence-electron chi connectivity index (χ4n) is 1.60. The molecule has 2 aromatic rings. The standard InChI is InChI=1S/C12H13N3/c1-8-5-3-4-6-10(8)12-9(2)15-11(13)7-14-12/h3-7H,1-2H3,(H2,13,15). The van der Waals surface area contributed by atoms with E-state index in [4.69, 9.17) is 5.73 Å². The van der Waals surface area contributed by atoms with Gasteiger partial charge in [-0.05, 0) is 19.4 Å². The highest BCUT2D eigenvalue weighted by Gasteiger charge is 2.06. The lowest BCUT2D eigenvalue weighted by Crippen LogP contribution is -1.98. The summed E-state index contributed by atoms with van der Waals surface area (Å²) in [5.41, 5.74) is 9.65. The summed E-state index contributed by atoms with van der Waals surface area (Å²) in [4.78, 5) is 8.53. The second-order valence-electron chi connectivity index (χ2n) is 3.54. The van der Waals surface area contributed by atoms with Gasteiger partial charge in [0.15, 0.2) is 0 Å². The summed E-state index contributed by atoms with van der Waals surface area (Å²) in [6, 6.07) is 8.12. The third-order valence-electron chi connectivity index (χ3n) is 2.37. The number of aromatic nitrogens is 2. The summed E-state index contributed by atoms with van der Waals surface area (Å²) in [5.74, 6) is 0.463. The summed E-state index contributed by atoms with van der Waals surface area (Å²) >= 11 is 0. The number of benzene rings is 1. The monoisotopic (exact) mass is 199 g/mol. The lowest BCUT2D eigenvalue weighted by molar-refractivity contribution is 1.13. The Morgan fingerprint density at radius 1 is 1.13 bits per heavy atom. The first kappa shape index (κ1) is 9.65. The fourth-order valence-corrected chi connectivity index (χ4v) is 1.60. The van der Waals surface area contributed by atoms with Crippen molar-refractivity contribution in [3.05, 3.63) is 41.7 Å². The molecule has 3 nitrogen and oxygen atoms in total. The molecular weight excluding hydrogens is 186 g/mol. The molecule has 1 aromatic carbocycles. The van der Waals surface area contributed by atoms with Crippen molar-refractivity contribution < 1.29 is 0 Å². The first-order chi connectivity index (χ1) is 7.18. The average molecular weight is 199 g/mol. The maximum Gasteiger partial charge on any atom is 0.142 e. The van der Waals surface area contributed by atoms with Crippen molar-refractivity contribution in [3.8, 4) is 11.3 Å². The van der Waals surface area contributed by atoms with Gasteiger partial charge < -0.3 is 5.73 Å². The van der Waals surface area contributed by atoms with Crippen molar-refractivity contribution in [1.29, 1.82) is 0 Å². The Morgan fingerprint density at radius 2 is 1.87 bits per heavy atom. The summed E-state index contributed by atoms with van der Waals surface area (Å²) in [7, 11) is 0. The van der Waals surface area contributed by atoms with Gasteiger partial charge >= 0.3 is 0 Å². The number of aryl methyl sites for hydroxylation is 2. The van der Waals surface area contributed by atoms with E-state index in [0.29, 0.717) is 5.82 Å². The van der Waals surface area contributed by atoms with Crippen molar-refractivity contribution in [1.82, 2.24) is 9.97 Å². The lowest BCUT2D eigenvalue weighted by atomic mass is 10.0. The second-order valence-corrected chi connectivity index (χ2v) is 3.54. The largest absolute Gasteiger partial charge is 0.382 e. The Balaban J connectivity index is 2.60. The molecule has 0 saturated heterocycles. The Labute approximate surface area is 89.0 Å². The molecule has 1 aromatic heterocycles. The predicted molar refractivity (Wildman–Crippen MR) is 61.4 cm³/mol. The van der Waals surface area contributed by atoms with Gasteiger partial charge in [-0.2, -0.15) is 0 Å². The van der Waals surface area contributed by atoms with Gasteiger partial charge in [-0.25, -0.2) is 4.98 Å². The summed E-state index contributed by atoms with van der Waals surface area (Å²) < 4.78 is 0. The van der Waals surface area contributed by atoms with Gasteiger partial charge in [0.2, 0.25) is 0 Å². The summed E-state index contributed by atoms with van der Waals surface area (Å²) in [6.45, 7) is 3.98. The topological polar surface area (TPSA) is 51.8 Å². The van der Waals surface area contributed by atoms with Gasteiger partial charge in [-0.1, -0.05) is 24.3 Å². The molecule has 0 saturated carbocycles. The van der Waals surface area contributed by atoms with Crippen molar-refractivity contribution >= 4 is 5.82 Å². The van der Waals surface area contributed by atoms with Crippen LogP contribution in [0.1, 0.15) is 11.3 Å². The molecule has 0 amide bonds. The number of nitrogens with zero attached hydrogens (tertiary/aromatic N) is 2. The Bertz CT molecular complexity index is 492. The first-order valence-electron chi connectivity index (χ1n) is 4.83. The number of hydrogen-bond acceptors (Lipinski definition) is 3. The van der Waals surface area contributed by atoms with Gasteiger partial charge in [-0.3, -0.25) is 4.98 Å². The molecule has 0 aliphatic heterocycles. The van der Waals surface area contributed by atoms with Crippen molar-refractivity contribution in [2.24, 2.45) is 0 Å². The van der Waals surface area contributed by atoms with E-state index < -0.39 is 0 Å². The van der Waals surface area contributed by atoms with E-state index in [0.717, 1.165) is 17.0 Å². The average Bonchev–Trinajstić information content (AvgIpc) is 2.20. The highest BCUT2D eigenvalue weighted by Crippen LogP contribution is 2.23. The minimum Gasteiger partial charge on any atom is -0.382 e. The first-order valence-corrected chi connectivity index (χ1v) is 4.83. The highest BCUT2D eigenvalue weighted by atomic mass is 14.9. The molecule has 2 N–H and O–H groups in total. The van der Waals surface area contributed by atoms with Gasteiger partial charge in [-0.15, -0.1) is 0 Å². The molecule has 0 spiro atoms. The number of rotatable bonds is 1. The minimum atomic E-state index is 0.463. The van der Waals surface area contributed by atoms with Crippen LogP contribution in [0.3, 0.4) is 0 Å². The number of hydrogen-bond donors (Lipinski definition) is 1. The second kappa shape index (κ2) is 3.69. The molecule has 0 fully saturated rings. The van der Waals surface area contributed by atoms with Gasteiger partial charge in [0.1, 0.15) is 5.82 Å². The van der Waals surface area contributed by atoms with Crippen molar-refractivity contribution in [3.63, 3.8) is 0 Å². The Morgan fingerprint density at radius 3 is 2.53 bits per heavy atom. The van der Waals surface area contributed by atoms with E-state index in [-0.39, 0.29) is 0 Å². The van der Waals surface area contributed by atoms with Crippen LogP contribution in [0, 0.1) is 13.8 Å². The van der Waals surface area contributed by atoms with Crippen LogP contribution in [-0.4, -0.2) is 9.97 Å². The minimum absolute atomic E-state index is 0.463. The smallest absolute Gasteiger partial charge is 0.142 e. The van der Waals surface area contributed by atoms with Crippen LogP contribution >= 0.6 is 0 Å². The van der Waals surface area contributed by atoms with Crippen LogP contribution in [0.15, 0.2) is 30.5 Å². The molecule has 0 aliphatic carbocycles. The number of anilines is 1. The van der Waals surface area contributed by atoms with Gasteiger partial charge in [0, 0.05) is 5.56 Å². The van der Waals surface area contributed by atoms with Crippen LogP contribution in [-0.2, 0) is 0 Å². The molecule has 0 aliphatic rings. The zero-order valence-corrected chi connectivity index (χ0v) is 8.86. The van der Waals surface area contributed by atoms with Crippen molar-refractivity contribution in [2.75, 3.05) is 5.73 Å². The third-order valence-corrected chi connectivity index (χ3v) is 2.37. The SMILES string of the molecule is Cc1ccccc1-c1ncc(N)nc1C. The Hall–Kier alpha value is -1.90. The van der Waals surface area contributed by atoms with Crippen LogP contribution in [0.25, 0.3) is 11.3 Å². The van der Waals surface area contributed by atoms with Crippen LogP contribution in [0.4, 0.5) is 5.82 Å². The van der Waals surface area contributed by atoms with Crippen LogP contribution < -0.4 is 5.73 Å². The predicted octanol–water partition coefficient (Wildman–Crippen LogP) is 2.34. The molecule has 0 atom stereocenters. The van der Waals surface area contributed by atoms with Crippen LogP contribution in [0.2, 0.25) is 0 Å². The Kier molecular flexibility index (Phi) is 2.37. The van der Waals surface area contributed by atoms with Crippen LogP contribution in [0.5, 0.6) is 0 Å². The van der Waals surface area contributed by atoms with E-state index in [1.165, 1.54) is 5.56 Å². The summed E-state index contributed by atoms with van der Waals surface area (Å²) in [5, 5.41) is 0. The molecule has 76 valence electrons. The zero-order chi connectivity index (χ0) is 10.8. The molecule has 1 heterocycles. The maximum atomic E-state index is 5.57. The maximum absolute atomic E-state index is 5.57. The molecule has 3 heteroatoms. The van der Waals surface area contributed by atoms with E-state index in [9.17, 15) is 0 Å². The molecule has 0 radical (unpaired) electrons. The molecule has 15 heavy (non-hydrogen) atoms. The zero-order valence-electron chi connectivity index (χ0n) is 8.86. The van der Waals surface area contributed by atoms with Crippen molar-refractivity contribution in [2.45, 2.75) is 13.8 Å².